The summed E-state index contributed by atoms with van der Waals surface area (Å²) in [6.45, 7) is 18.4. The number of imidazole rings is 1. The molecule has 3 aliphatic rings. The molecule has 3 fully saturated rings. The van der Waals surface area contributed by atoms with Crippen molar-refractivity contribution in [2.75, 3.05) is 0 Å². The first kappa shape index (κ1) is 46.6. The largest absolute Gasteiger partial charge is 0.486 e. The third kappa shape index (κ3) is 9.28. The predicted molar refractivity (Wildman–Crippen MR) is 278 cm³/mol. The molecule has 9 aromatic rings. The molecule has 3 saturated carbocycles. The van der Waals surface area contributed by atoms with E-state index in [0.29, 0.717) is 17.5 Å². The van der Waals surface area contributed by atoms with E-state index in [1.54, 1.807) is 10.8 Å². The maximum Gasteiger partial charge on any atom is 0.216 e. The summed E-state index contributed by atoms with van der Waals surface area (Å²) < 4.78 is 8.78. The van der Waals surface area contributed by atoms with Crippen LogP contribution in [0.1, 0.15) is 94.0 Å². The van der Waals surface area contributed by atoms with Crippen molar-refractivity contribution < 1.29 is 24.5 Å². The number of para-hydroxylation sites is 2. The summed E-state index contributed by atoms with van der Waals surface area (Å²) in [6.07, 6.45) is 10.8. The summed E-state index contributed by atoms with van der Waals surface area (Å²) in [7, 11) is -1.38. The van der Waals surface area contributed by atoms with Gasteiger partial charge in [0, 0.05) is 43.1 Å². The molecular formula is C60H62IrN4OSi-2. The second kappa shape index (κ2) is 19.3. The van der Waals surface area contributed by atoms with Crippen molar-refractivity contribution in [1.82, 2.24) is 19.5 Å². The van der Waals surface area contributed by atoms with E-state index >= 15 is 0 Å². The van der Waals surface area contributed by atoms with Crippen LogP contribution in [0.15, 0.2) is 132 Å². The molecule has 2 bridgehead atoms. The van der Waals surface area contributed by atoms with E-state index in [1.165, 1.54) is 66.5 Å². The Balaban J connectivity index is 0.000000186. The minimum atomic E-state index is -1.38. The zero-order valence-electron chi connectivity index (χ0n) is 40.3. The molecule has 0 spiro atoms. The van der Waals surface area contributed by atoms with Crippen LogP contribution in [-0.2, 0) is 26.5 Å². The van der Waals surface area contributed by atoms with Gasteiger partial charge in [-0.15, -0.1) is 54.1 Å². The maximum atomic E-state index is 6.44. The molecule has 5 aromatic carbocycles. The van der Waals surface area contributed by atoms with Gasteiger partial charge in [0.15, 0.2) is 0 Å². The molecular weight excluding hydrogens is 1010 g/mol. The van der Waals surface area contributed by atoms with Gasteiger partial charge < -0.3 is 14.0 Å². The summed E-state index contributed by atoms with van der Waals surface area (Å²) in [5.41, 5.74) is 15.2. The SMILES string of the molecule is C[Si](C)(C)c1cnc(-c2[c-]cccc2)cc1CC1CC2CCC1CC2.Cc1ccc2c(n1)oc1c(-c3nc4ccccc4n3-c3c(C(C)C)cc(-c4ccccc4)cc3C(C)C)[c-]ccc12.[Ir]. The monoisotopic (exact) mass is 1080 g/mol. The van der Waals surface area contributed by atoms with E-state index in [1.807, 2.05) is 37.3 Å². The minimum Gasteiger partial charge on any atom is -0.486 e. The molecule has 5 nitrogen and oxygen atoms in total. The minimum absolute atomic E-state index is 0. The summed E-state index contributed by atoms with van der Waals surface area (Å²) in [5.74, 6) is 4.28. The summed E-state index contributed by atoms with van der Waals surface area (Å²) in [6, 6.07) is 49.4. The fourth-order valence-electron chi connectivity index (χ4n) is 11.0. The molecule has 0 amide bonds. The van der Waals surface area contributed by atoms with Crippen molar-refractivity contribution in [2.24, 2.45) is 17.8 Å². The number of aromatic nitrogens is 4. The fourth-order valence-corrected chi connectivity index (χ4v) is 12.6. The molecule has 4 heterocycles. The van der Waals surface area contributed by atoms with E-state index in [4.69, 9.17) is 14.4 Å². The quantitative estimate of drug-likeness (QED) is 0.107. The molecule has 67 heavy (non-hydrogen) atoms. The predicted octanol–water partition coefficient (Wildman–Crippen LogP) is 15.5. The maximum absolute atomic E-state index is 6.44. The Morgan fingerprint density at radius 2 is 1.45 bits per heavy atom. The number of fused-ring (bicyclic) bond motifs is 7. The fraction of sp³-hybridized carbons (Fsp3) is 0.317. The number of rotatable bonds is 9. The van der Waals surface area contributed by atoms with E-state index < -0.39 is 8.07 Å². The van der Waals surface area contributed by atoms with Gasteiger partial charge in [0.1, 0.15) is 0 Å². The third-order valence-corrected chi connectivity index (χ3v) is 16.5. The van der Waals surface area contributed by atoms with Crippen molar-refractivity contribution in [3.05, 3.63) is 162 Å². The number of benzene rings is 5. The van der Waals surface area contributed by atoms with Crippen molar-refractivity contribution >= 4 is 46.4 Å². The van der Waals surface area contributed by atoms with Crippen molar-refractivity contribution in [2.45, 2.75) is 105 Å². The molecule has 12 rings (SSSR count). The third-order valence-electron chi connectivity index (χ3n) is 14.4. The first-order valence-electron chi connectivity index (χ1n) is 24.3. The number of furan rings is 1. The molecule has 1 atom stereocenters. The van der Waals surface area contributed by atoms with Gasteiger partial charge in [-0.2, -0.15) is 0 Å². The topological polar surface area (TPSA) is 56.7 Å². The Morgan fingerprint density at radius 3 is 2.12 bits per heavy atom. The number of hydrogen-bond acceptors (Lipinski definition) is 4. The van der Waals surface area contributed by atoms with Gasteiger partial charge in [0.2, 0.25) is 5.71 Å². The van der Waals surface area contributed by atoms with Crippen LogP contribution in [0.2, 0.25) is 19.6 Å². The molecule has 343 valence electrons. The number of nitrogens with zero attached hydrogens (tertiary/aromatic N) is 4. The van der Waals surface area contributed by atoms with Gasteiger partial charge in [-0.05, 0) is 132 Å². The second-order valence-electron chi connectivity index (χ2n) is 20.7. The molecule has 0 aliphatic heterocycles. The summed E-state index contributed by atoms with van der Waals surface area (Å²) in [4.78, 5) is 14.7. The number of hydrogen-bond donors (Lipinski definition) is 0. The van der Waals surface area contributed by atoms with Gasteiger partial charge in [-0.25, -0.2) is 4.98 Å². The molecule has 3 aliphatic carbocycles. The van der Waals surface area contributed by atoms with Crippen molar-refractivity contribution in [1.29, 1.82) is 0 Å². The average Bonchev–Trinajstić information content (AvgIpc) is 3.90. The first-order valence-corrected chi connectivity index (χ1v) is 27.8. The Morgan fingerprint density at radius 1 is 0.731 bits per heavy atom. The van der Waals surface area contributed by atoms with Crippen LogP contribution >= 0.6 is 0 Å². The van der Waals surface area contributed by atoms with Crippen LogP contribution in [0.4, 0.5) is 0 Å². The van der Waals surface area contributed by atoms with Crippen LogP contribution in [0.25, 0.3) is 72.6 Å². The van der Waals surface area contributed by atoms with Gasteiger partial charge in [-0.3, -0.25) is 4.98 Å². The Hall–Kier alpha value is -5.46. The zero-order valence-corrected chi connectivity index (χ0v) is 43.7. The van der Waals surface area contributed by atoms with Crippen molar-refractivity contribution in [3.63, 3.8) is 0 Å². The first-order chi connectivity index (χ1) is 31.9. The average molecular weight is 1080 g/mol. The molecule has 1 unspecified atom stereocenters. The number of pyridine rings is 2. The van der Waals surface area contributed by atoms with Crippen LogP contribution in [-0.4, -0.2) is 27.6 Å². The molecule has 1 radical (unpaired) electrons. The van der Waals surface area contributed by atoms with Gasteiger partial charge in [0.05, 0.1) is 30.5 Å². The van der Waals surface area contributed by atoms with E-state index in [9.17, 15) is 0 Å². The van der Waals surface area contributed by atoms with E-state index in [-0.39, 0.29) is 20.1 Å². The molecule has 7 heteroatoms. The van der Waals surface area contributed by atoms with Crippen LogP contribution in [0.5, 0.6) is 0 Å². The van der Waals surface area contributed by atoms with Crippen LogP contribution in [0, 0.1) is 36.8 Å². The van der Waals surface area contributed by atoms with Gasteiger partial charge in [0.25, 0.3) is 0 Å². The Labute approximate surface area is 411 Å². The standard InChI is InChI=1S/C37H32N3O.C23H30NSi.Ir/c1-22(2)30-20-26(25-12-7-6-8-13-25)21-31(23(3)4)34(30)40-33-17-10-9-16-32(33)39-36(40)29-15-11-14-27-28-19-18-24(5)38-37(28)41-35(27)29;1-25(2,3)23-16-24-22(19-7-5-4-6-8-19)15-21(23)14-20-13-17-9-11-18(20)12-10-17;/h6-14,16-23H,1-5H3;4-7,15-18,20H,9-14H2,1-3H3;/q2*-1;. The Kier molecular flexibility index (Phi) is 13.4. The van der Waals surface area contributed by atoms with Gasteiger partial charge >= 0.3 is 0 Å². The normalized spacial score (nSPS) is 17.0. The summed E-state index contributed by atoms with van der Waals surface area (Å²) >= 11 is 0. The second-order valence-corrected chi connectivity index (χ2v) is 25.7. The zero-order chi connectivity index (χ0) is 45.7. The Bertz CT molecular complexity index is 3140. The van der Waals surface area contributed by atoms with E-state index in [0.717, 1.165) is 73.5 Å². The molecule has 4 aromatic heterocycles. The molecule has 0 saturated heterocycles. The smallest absolute Gasteiger partial charge is 0.216 e. The van der Waals surface area contributed by atoms with Crippen LogP contribution in [0.3, 0.4) is 0 Å². The van der Waals surface area contributed by atoms with Crippen LogP contribution < -0.4 is 5.19 Å². The number of aryl methyl sites for hydroxylation is 1. The van der Waals surface area contributed by atoms with Crippen molar-refractivity contribution in [3.8, 4) is 39.5 Å². The van der Waals surface area contributed by atoms with E-state index in [2.05, 4.69) is 166 Å². The molecule has 0 N–H and O–H groups in total. The van der Waals surface area contributed by atoms with Gasteiger partial charge in [-0.1, -0.05) is 125 Å². The summed E-state index contributed by atoms with van der Waals surface area (Å²) in [5, 5.41) is 3.59.